The van der Waals surface area contributed by atoms with Gasteiger partial charge in [0, 0.05) is 0 Å². The summed E-state index contributed by atoms with van der Waals surface area (Å²) in [4.78, 5) is 35.4. The minimum Gasteiger partial charge on any atom is -0.493 e. The molecule has 0 saturated carbocycles. The first-order chi connectivity index (χ1) is 12.5. The fourth-order valence-corrected chi connectivity index (χ4v) is 2.96. The van der Waals surface area contributed by atoms with Gasteiger partial charge in [0.15, 0.2) is 11.5 Å². The zero-order valence-corrected chi connectivity index (χ0v) is 14.9. The standard InChI is InChI=1S/C19H15NO5S/c1-11-3-6-13(7-4-11)18(22)25-14-8-5-12(9-15(14)24-2)10-16-17(21)20-19(23)26-16/h3-10H,1-2H3,(H,20,21,23)/b16-10+. The van der Waals surface area contributed by atoms with Crippen LogP contribution < -0.4 is 14.8 Å². The van der Waals surface area contributed by atoms with Crippen molar-refractivity contribution in [1.29, 1.82) is 0 Å². The van der Waals surface area contributed by atoms with Gasteiger partial charge in [-0.2, -0.15) is 0 Å². The molecule has 0 aromatic heterocycles. The van der Waals surface area contributed by atoms with E-state index in [1.807, 2.05) is 19.1 Å². The van der Waals surface area contributed by atoms with E-state index in [2.05, 4.69) is 5.32 Å². The Bertz CT molecular complexity index is 918. The number of thioether (sulfide) groups is 1. The highest BCUT2D eigenvalue weighted by atomic mass is 32.2. The molecule has 0 unspecified atom stereocenters. The van der Waals surface area contributed by atoms with Crippen LogP contribution in [0.4, 0.5) is 4.79 Å². The molecule has 1 aliphatic rings. The van der Waals surface area contributed by atoms with Crippen LogP contribution in [0.25, 0.3) is 6.08 Å². The second kappa shape index (κ2) is 7.45. The lowest BCUT2D eigenvalue weighted by atomic mass is 10.1. The van der Waals surface area contributed by atoms with Crippen LogP contribution in [0.1, 0.15) is 21.5 Å². The first-order valence-corrected chi connectivity index (χ1v) is 8.49. The number of ether oxygens (including phenoxy) is 2. The number of carbonyl (C=O) groups excluding carboxylic acids is 3. The van der Waals surface area contributed by atoms with E-state index in [0.717, 1.165) is 17.3 Å². The second-order valence-corrected chi connectivity index (χ2v) is 6.53. The summed E-state index contributed by atoms with van der Waals surface area (Å²) in [7, 11) is 1.45. The molecule has 1 fully saturated rings. The molecule has 0 spiro atoms. The highest BCUT2D eigenvalue weighted by Crippen LogP contribution is 2.32. The van der Waals surface area contributed by atoms with Gasteiger partial charge in [0.05, 0.1) is 17.6 Å². The van der Waals surface area contributed by atoms with Crippen molar-refractivity contribution in [2.45, 2.75) is 6.92 Å². The molecule has 1 aliphatic heterocycles. The van der Waals surface area contributed by atoms with Crippen LogP contribution in [0.2, 0.25) is 0 Å². The Hall–Kier alpha value is -3.06. The first kappa shape index (κ1) is 17.8. The molecule has 0 atom stereocenters. The van der Waals surface area contributed by atoms with E-state index in [1.54, 1.807) is 36.4 Å². The van der Waals surface area contributed by atoms with E-state index >= 15 is 0 Å². The lowest BCUT2D eigenvalue weighted by molar-refractivity contribution is -0.115. The van der Waals surface area contributed by atoms with E-state index < -0.39 is 17.1 Å². The van der Waals surface area contributed by atoms with Crippen LogP contribution in [0.3, 0.4) is 0 Å². The molecule has 1 saturated heterocycles. The van der Waals surface area contributed by atoms with Gasteiger partial charge in [-0.3, -0.25) is 14.9 Å². The Balaban J connectivity index is 1.82. The van der Waals surface area contributed by atoms with E-state index in [0.29, 0.717) is 21.8 Å². The van der Waals surface area contributed by atoms with Crippen molar-refractivity contribution in [2.75, 3.05) is 7.11 Å². The zero-order valence-electron chi connectivity index (χ0n) is 14.1. The van der Waals surface area contributed by atoms with E-state index in [4.69, 9.17) is 9.47 Å². The highest BCUT2D eigenvalue weighted by Gasteiger charge is 2.25. The van der Waals surface area contributed by atoms with E-state index in [9.17, 15) is 14.4 Å². The first-order valence-electron chi connectivity index (χ1n) is 7.68. The average Bonchev–Trinajstić information content (AvgIpc) is 2.93. The predicted molar refractivity (Wildman–Crippen MR) is 98.2 cm³/mol. The molecule has 132 valence electrons. The number of methoxy groups -OCH3 is 1. The van der Waals surface area contributed by atoms with Crippen molar-refractivity contribution in [2.24, 2.45) is 0 Å². The number of carbonyl (C=O) groups is 3. The lowest BCUT2D eigenvalue weighted by Gasteiger charge is -2.10. The Labute approximate surface area is 154 Å². The Kier molecular flexibility index (Phi) is 5.09. The number of nitrogens with one attached hydrogen (secondary N) is 1. The van der Waals surface area contributed by atoms with Crippen molar-refractivity contribution in [1.82, 2.24) is 5.32 Å². The summed E-state index contributed by atoms with van der Waals surface area (Å²) >= 11 is 0.831. The van der Waals surface area contributed by atoms with Gasteiger partial charge >= 0.3 is 5.97 Å². The minimum absolute atomic E-state index is 0.264. The fourth-order valence-electron chi connectivity index (χ4n) is 2.28. The summed E-state index contributed by atoms with van der Waals surface area (Å²) in [5, 5.41) is 1.79. The Morgan fingerprint density at radius 1 is 1.08 bits per heavy atom. The van der Waals surface area contributed by atoms with Gasteiger partial charge in [0.2, 0.25) is 0 Å². The van der Waals surface area contributed by atoms with Gasteiger partial charge in [-0.1, -0.05) is 23.8 Å². The maximum absolute atomic E-state index is 12.3. The molecular formula is C19H15NO5S. The van der Waals surface area contributed by atoms with Gasteiger partial charge in [-0.05, 0) is 54.6 Å². The number of aryl methyl sites for hydroxylation is 1. The van der Waals surface area contributed by atoms with E-state index in [1.165, 1.54) is 7.11 Å². The van der Waals surface area contributed by atoms with Crippen LogP contribution in [-0.2, 0) is 4.79 Å². The molecule has 1 heterocycles. The number of benzene rings is 2. The van der Waals surface area contributed by atoms with Crippen LogP contribution in [0.5, 0.6) is 11.5 Å². The fraction of sp³-hybridized carbons (Fsp3) is 0.105. The minimum atomic E-state index is -0.495. The molecule has 7 heteroatoms. The van der Waals surface area contributed by atoms with Crippen molar-refractivity contribution in [3.8, 4) is 11.5 Å². The van der Waals surface area contributed by atoms with Crippen LogP contribution in [-0.4, -0.2) is 24.2 Å². The van der Waals surface area contributed by atoms with E-state index in [-0.39, 0.29) is 5.75 Å². The summed E-state index contributed by atoms with van der Waals surface area (Å²) in [5.41, 5.74) is 2.12. The number of hydrogen-bond acceptors (Lipinski definition) is 6. The predicted octanol–water partition coefficient (Wildman–Crippen LogP) is 3.55. The highest BCUT2D eigenvalue weighted by molar-refractivity contribution is 8.18. The molecule has 6 nitrogen and oxygen atoms in total. The van der Waals surface area contributed by atoms with Gasteiger partial charge in [-0.15, -0.1) is 0 Å². The maximum atomic E-state index is 12.3. The second-order valence-electron chi connectivity index (χ2n) is 5.52. The Morgan fingerprint density at radius 3 is 2.42 bits per heavy atom. The SMILES string of the molecule is COc1cc(/C=C2/SC(=O)NC2=O)ccc1OC(=O)c1ccc(C)cc1. The number of esters is 1. The summed E-state index contributed by atoms with van der Waals surface area (Å²) in [5.74, 6) is -0.325. The largest absolute Gasteiger partial charge is 0.493 e. The van der Waals surface area contributed by atoms with Gasteiger partial charge in [0.1, 0.15) is 0 Å². The van der Waals surface area contributed by atoms with Crippen molar-refractivity contribution in [3.05, 3.63) is 64.1 Å². The number of hydrogen-bond donors (Lipinski definition) is 1. The van der Waals surface area contributed by atoms with Gasteiger partial charge < -0.3 is 9.47 Å². The summed E-state index contributed by atoms with van der Waals surface area (Å²) < 4.78 is 10.7. The molecule has 26 heavy (non-hydrogen) atoms. The maximum Gasteiger partial charge on any atom is 0.343 e. The molecule has 0 aliphatic carbocycles. The Morgan fingerprint density at radius 2 is 1.81 bits per heavy atom. The zero-order chi connectivity index (χ0) is 18.7. The number of amides is 2. The average molecular weight is 369 g/mol. The number of imide groups is 1. The molecular weight excluding hydrogens is 354 g/mol. The summed E-state index contributed by atoms with van der Waals surface area (Å²) in [6.07, 6.45) is 1.57. The number of rotatable bonds is 4. The molecule has 0 bridgehead atoms. The molecule has 3 rings (SSSR count). The summed E-state index contributed by atoms with van der Waals surface area (Å²) in [6.45, 7) is 1.93. The van der Waals surface area contributed by atoms with Crippen molar-refractivity contribution >= 4 is 35.0 Å². The van der Waals surface area contributed by atoms with Crippen LogP contribution in [0, 0.1) is 6.92 Å². The normalized spacial score (nSPS) is 15.1. The summed E-state index contributed by atoms with van der Waals surface area (Å²) in [6, 6.07) is 11.9. The quantitative estimate of drug-likeness (QED) is 0.504. The third-order valence-corrected chi connectivity index (χ3v) is 4.43. The smallest absolute Gasteiger partial charge is 0.343 e. The topological polar surface area (TPSA) is 81.7 Å². The van der Waals surface area contributed by atoms with Gasteiger partial charge in [-0.25, -0.2) is 4.79 Å². The molecule has 0 radical (unpaired) electrons. The third kappa shape index (κ3) is 3.94. The molecule has 1 N–H and O–H groups in total. The van der Waals surface area contributed by atoms with Crippen molar-refractivity contribution in [3.63, 3.8) is 0 Å². The van der Waals surface area contributed by atoms with Gasteiger partial charge in [0.25, 0.3) is 11.1 Å². The van der Waals surface area contributed by atoms with Crippen molar-refractivity contribution < 1.29 is 23.9 Å². The molecule has 2 aromatic rings. The lowest BCUT2D eigenvalue weighted by Crippen LogP contribution is -2.17. The third-order valence-electron chi connectivity index (χ3n) is 3.62. The van der Waals surface area contributed by atoms with Crippen LogP contribution >= 0.6 is 11.8 Å². The van der Waals surface area contributed by atoms with Crippen LogP contribution in [0.15, 0.2) is 47.4 Å². The monoisotopic (exact) mass is 369 g/mol. The molecule has 2 aromatic carbocycles. The molecule has 2 amide bonds.